The van der Waals surface area contributed by atoms with Crippen molar-refractivity contribution in [2.24, 2.45) is 5.73 Å². The van der Waals surface area contributed by atoms with Crippen LogP contribution in [-0.2, 0) is 11.2 Å². The van der Waals surface area contributed by atoms with Crippen LogP contribution in [0.1, 0.15) is 18.9 Å². The van der Waals surface area contributed by atoms with Gasteiger partial charge in [-0.3, -0.25) is 4.79 Å². The first-order chi connectivity index (χ1) is 13.3. The van der Waals surface area contributed by atoms with Gasteiger partial charge in [0.05, 0.1) is 12.2 Å². The Bertz CT molecular complexity index is 741. The van der Waals surface area contributed by atoms with Crippen LogP contribution >= 0.6 is 0 Å². The van der Waals surface area contributed by atoms with Crippen molar-refractivity contribution in [3.63, 3.8) is 0 Å². The van der Waals surface area contributed by atoms with Crippen LogP contribution in [0, 0.1) is 17.5 Å². The van der Waals surface area contributed by atoms with E-state index < -0.39 is 30.2 Å². The Morgan fingerprint density at radius 3 is 2.54 bits per heavy atom. The van der Waals surface area contributed by atoms with Gasteiger partial charge in [0.2, 0.25) is 5.91 Å². The molecule has 0 saturated carbocycles. The predicted molar refractivity (Wildman–Crippen MR) is 98.5 cm³/mol. The molecule has 1 unspecified atom stereocenters. The lowest BCUT2D eigenvalue weighted by Gasteiger charge is -2.39. The molecular weight excluding hydrogens is 376 g/mol. The zero-order chi connectivity index (χ0) is 20.8. The fourth-order valence-electron chi connectivity index (χ4n) is 3.23. The number of alkyl halides is 1. The highest BCUT2D eigenvalue weighted by Gasteiger charge is 2.27. The van der Waals surface area contributed by atoms with E-state index in [1.807, 2.05) is 11.8 Å². The maximum Gasteiger partial charge on any atom is 0.224 e. The molecular formula is C19H26F4N4O. The van der Waals surface area contributed by atoms with Gasteiger partial charge < -0.3 is 20.9 Å². The molecule has 1 amide bonds. The summed E-state index contributed by atoms with van der Waals surface area (Å²) >= 11 is 0. The molecule has 9 heteroatoms. The Kier molecular flexibility index (Phi) is 7.68. The molecule has 0 bridgehead atoms. The van der Waals surface area contributed by atoms with E-state index in [2.05, 4.69) is 5.32 Å². The van der Waals surface area contributed by atoms with Gasteiger partial charge in [0, 0.05) is 50.9 Å². The average molecular weight is 402 g/mol. The van der Waals surface area contributed by atoms with Crippen LogP contribution in [0.3, 0.4) is 0 Å². The standard InChI is InChI=1S/C19H26F4N4O/c1-12(25-2)18-11-27(6-5-26(18)4-3-20)19(28)9-14(24)7-13-8-16(22)17(23)10-15(13)21/h8,10,14,25H,3-7,9,11,24H2,1-2H3/b18-12-. The molecule has 5 nitrogen and oxygen atoms in total. The summed E-state index contributed by atoms with van der Waals surface area (Å²) in [5.74, 6) is -3.54. The Labute approximate surface area is 162 Å². The average Bonchev–Trinajstić information content (AvgIpc) is 2.65. The monoisotopic (exact) mass is 402 g/mol. The summed E-state index contributed by atoms with van der Waals surface area (Å²) in [5.41, 5.74) is 7.56. The number of amides is 1. The fraction of sp³-hybridized carbons (Fsp3) is 0.526. The second kappa shape index (κ2) is 9.77. The fourth-order valence-corrected chi connectivity index (χ4v) is 3.23. The molecule has 0 spiro atoms. The van der Waals surface area contributed by atoms with Crippen LogP contribution in [0.2, 0.25) is 0 Å². The van der Waals surface area contributed by atoms with Crippen LogP contribution in [0.15, 0.2) is 23.5 Å². The molecule has 0 aromatic heterocycles. The van der Waals surface area contributed by atoms with Gasteiger partial charge >= 0.3 is 0 Å². The quantitative estimate of drug-likeness (QED) is 0.541. The number of carbonyl (C=O) groups is 1. The Morgan fingerprint density at radius 2 is 1.89 bits per heavy atom. The van der Waals surface area contributed by atoms with E-state index in [9.17, 15) is 22.4 Å². The molecule has 0 aliphatic carbocycles. The molecule has 1 aliphatic rings. The number of benzene rings is 1. The molecule has 3 N–H and O–H groups in total. The predicted octanol–water partition coefficient (Wildman–Crippen LogP) is 1.93. The highest BCUT2D eigenvalue weighted by atomic mass is 19.2. The van der Waals surface area contributed by atoms with Gasteiger partial charge in [0.25, 0.3) is 0 Å². The third-order valence-electron chi connectivity index (χ3n) is 4.89. The Balaban J connectivity index is 2.01. The van der Waals surface area contributed by atoms with Crippen molar-refractivity contribution < 1.29 is 22.4 Å². The number of rotatable bonds is 7. The molecule has 1 aromatic rings. The maximum atomic E-state index is 13.8. The number of piperazine rings is 1. The number of allylic oxidation sites excluding steroid dienone is 1. The van der Waals surface area contributed by atoms with E-state index in [4.69, 9.17) is 5.73 Å². The number of nitrogens with one attached hydrogen (secondary N) is 1. The van der Waals surface area contributed by atoms with Crippen molar-refractivity contribution in [2.45, 2.75) is 25.8 Å². The highest BCUT2D eigenvalue weighted by molar-refractivity contribution is 5.77. The van der Waals surface area contributed by atoms with Crippen LogP contribution in [0.25, 0.3) is 0 Å². The van der Waals surface area contributed by atoms with Crippen molar-refractivity contribution in [1.82, 2.24) is 15.1 Å². The second-order valence-electron chi connectivity index (χ2n) is 6.84. The lowest BCUT2D eigenvalue weighted by atomic mass is 10.0. The Hall–Kier alpha value is -2.29. The zero-order valence-electron chi connectivity index (χ0n) is 16.1. The number of hydrogen-bond acceptors (Lipinski definition) is 4. The number of nitrogens with zero attached hydrogens (tertiary/aromatic N) is 2. The molecule has 156 valence electrons. The van der Waals surface area contributed by atoms with Gasteiger partial charge in [0.1, 0.15) is 12.5 Å². The van der Waals surface area contributed by atoms with Crippen molar-refractivity contribution in [3.05, 3.63) is 46.5 Å². The molecule has 1 saturated heterocycles. The van der Waals surface area contributed by atoms with Crippen LogP contribution in [-0.4, -0.2) is 61.7 Å². The summed E-state index contributed by atoms with van der Waals surface area (Å²) in [4.78, 5) is 16.1. The largest absolute Gasteiger partial charge is 0.390 e. The summed E-state index contributed by atoms with van der Waals surface area (Å²) in [6, 6.07) is 0.497. The summed E-state index contributed by atoms with van der Waals surface area (Å²) in [5, 5.41) is 3.02. The molecule has 1 heterocycles. The Morgan fingerprint density at radius 1 is 1.21 bits per heavy atom. The lowest BCUT2D eigenvalue weighted by molar-refractivity contribution is -0.132. The minimum Gasteiger partial charge on any atom is -0.390 e. The van der Waals surface area contributed by atoms with Crippen molar-refractivity contribution in [1.29, 1.82) is 0 Å². The summed E-state index contributed by atoms with van der Waals surface area (Å²) < 4.78 is 52.9. The molecule has 0 radical (unpaired) electrons. The second-order valence-corrected chi connectivity index (χ2v) is 6.84. The topological polar surface area (TPSA) is 61.6 Å². The van der Waals surface area contributed by atoms with Crippen LogP contribution in [0.5, 0.6) is 0 Å². The first-order valence-corrected chi connectivity index (χ1v) is 9.12. The molecule has 2 rings (SSSR count). The first kappa shape index (κ1) is 22.0. The third kappa shape index (κ3) is 5.37. The lowest BCUT2D eigenvalue weighted by Crippen LogP contribution is -2.49. The van der Waals surface area contributed by atoms with Gasteiger partial charge in [-0.05, 0) is 25.0 Å². The van der Waals surface area contributed by atoms with Crippen molar-refractivity contribution >= 4 is 5.91 Å². The van der Waals surface area contributed by atoms with Crippen LogP contribution in [0.4, 0.5) is 17.6 Å². The molecule has 28 heavy (non-hydrogen) atoms. The molecule has 1 atom stereocenters. The minimum absolute atomic E-state index is 0.0621. The van der Waals surface area contributed by atoms with E-state index in [0.29, 0.717) is 25.7 Å². The molecule has 1 aromatic carbocycles. The van der Waals surface area contributed by atoms with Gasteiger partial charge in [-0.2, -0.15) is 0 Å². The highest BCUT2D eigenvalue weighted by Crippen LogP contribution is 2.19. The molecule has 1 aliphatic heterocycles. The van der Waals surface area contributed by atoms with Gasteiger partial charge in [-0.25, -0.2) is 17.6 Å². The van der Waals surface area contributed by atoms with Gasteiger partial charge in [-0.1, -0.05) is 0 Å². The van der Waals surface area contributed by atoms with E-state index in [1.165, 1.54) is 0 Å². The SMILES string of the molecule is CN/C(C)=C1/CN(C(=O)CC(N)Cc2cc(F)c(F)cc2F)CCN1CCF. The first-order valence-electron chi connectivity index (χ1n) is 9.12. The maximum absolute atomic E-state index is 13.8. The summed E-state index contributed by atoms with van der Waals surface area (Å²) in [6.45, 7) is 2.86. The minimum atomic E-state index is -1.27. The van der Waals surface area contributed by atoms with Gasteiger partial charge in [-0.15, -0.1) is 0 Å². The smallest absolute Gasteiger partial charge is 0.224 e. The van der Waals surface area contributed by atoms with Crippen LogP contribution < -0.4 is 11.1 Å². The van der Waals surface area contributed by atoms with E-state index in [0.717, 1.165) is 17.5 Å². The third-order valence-corrected chi connectivity index (χ3v) is 4.89. The van der Waals surface area contributed by atoms with Gasteiger partial charge in [0.15, 0.2) is 11.6 Å². The van der Waals surface area contributed by atoms with Crippen molar-refractivity contribution in [2.75, 3.05) is 39.9 Å². The van der Waals surface area contributed by atoms with E-state index in [-0.39, 0.29) is 30.9 Å². The number of nitrogens with two attached hydrogens (primary N) is 1. The van der Waals surface area contributed by atoms with E-state index >= 15 is 0 Å². The summed E-state index contributed by atoms with van der Waals surface area (Å²) in [6.07, 6.45) is -0.151. The van der Waals surface area contributed by atoms with Crippen molar-refractivity contribution in [3.8, 4) is 0 Å². The summed E-state index contributed by atoms with van der Waals surface area (Å²) in [7, 11) is 1.75. The number of hydrogen-bond donors (Lipinski definition) is 2. The molecule has 1 fully saturated rings. The number of carbonyl (C=O) groups excluding carboxylic acids is 1. The normalized spacial score (nSPS) is 17.5. The zero-order valence-corrected chi connectivity index (χ0v) is 16.1. The number of halogens is 4. The van der Waals surface area contributed by atoms with E-state index in [1.54, 1.807) is 11.9 Å².